The summed E-state index contributed by atoms with van der Waals surface area (Å²) in [5.41, 5.74) is 2.57. The average molecular weight is 367 g/mol. The van der Waals surface area contributed by atoms with Crippen LogP contribution in [0.15, 0.2) is 59.6 Å². The Morgan fingerprint density at radius 1 is 1.19 bits per heavy atom. The lowest BCUT2D eigenvalue weighted by Gasteiger charge is -2.24. The van der Waals surface area contributed by atoms with Crippen LogP contribution >= 0.6 is 11.3 Å². The van der Waals surface area contributed by atoms with E-state index >= 15 is 0 Å². The molecule has 2 N–H and O–H groups in total. The van der Waals surface area contributed by atoms with Crippen molar-refractivity contribution in [1.82, 2.24) is 20.2 Å². The van der Waals surface area contributed by atoms with Crippen LogP contribution in [0, 0.1) is 0 Å². The molecule has 0 radical (unpaired) electrons. The lowest BCUT2D eigenvalue weighted by atomic mass is 10.1. The molecule has 134 valence electrons. The van der Waals surface area contributed by atoms with E-state index in [0.29, 0.717) is 18.1 Å². The zero-order valence-corrected chi connectivity index (χ0v) is 15.5. The number of likely N-dealkylation sites (N-methyl/N-ethyl adjacent to an activating group) is 1. The van der Waals surface area contributed by atoms with Crippen LogP contribution in [-0.2, 0) is 0 Å². The van der Waals surface area contributed by atoms with E-state index in [9.17, 15) is 4.79 Å². The fraction of sp³-hybridized carbons (Fsp3) is 0.211. The van der Waals surface area contributed by atoms with Crippen LogP contribution in [0.1, 0.15) is 22.0 Å². The fourth-order valence-electron chi connectivity index (χ4n) is 2.59. The zero-order valence-electron chi connectivity index (χ0n) is 14.7. The van der Waals surface area contributed by atoms with E-state index in [2.05, 4.69) is 42.3 Å². The predicted molar refractivity (Wildman–Crippen MR) is 105 cm³/mol. The van der Waals surface area contributed by atoms with Gasteiger partial charge in [0.15, 0.2) is 0 Å². The molecule has 1 amide bonds. The van der Waals surface area contributed by atoms with Gasteiger partial charge in [0.2, 0.25) is 5.95 Å². The number of aromatic nitrogens is 2. The highest BCUT2D eigenvalue weighted by atomic mass is 32.1. The van der Waals surface area contributed by atoms with Gasteiger partial charge in [-0.1, -0.05) is 6.07 Å². The van der Waals surface area contributed by atoms with Gasteiger partial charge < -0.3 is 15.5 Å². The second kappa shape index (κ2) is 8.55. The molecule has 0 unspecified atom stereocenters. The summed E-state index contributed by atoms with van der Waals surface area (Å²) in [4.78, 5) is 22.9. The molecular weight excluding hydrogens is 346 g/mol. The molecule has 0 aliphatic carbocycles. The van der Waals surface area contributed by atoms with Crippen LogP contribution in [0.4, 0.5) is 11.6 Å². The first-order valence-electron chi connectivity index (χ1n) is 8.24. The molecule has 0 aliphatic rings. The Morgan fingerprint density at radius 2 is 2.00 bits per heavy atom. The number of thiophene rings is 1. The number of amides is 1. The van der Waals surface area contributed by atoms with E-state index < -0.39 is 0 Å². The molecule has 0 saturated carbocycles. The summed E-state index contributed by atoms with van der Waals surface area (Å²) >= 11 is 1.66. The third-order valence-electron chi connectivity index (χ3n) is 3.95. The predicted octanol–water partition coefficient (Wildman–Crippen LogP) is 3.31. The van der Waals surface area contributed by atoms with Gasteiger partial charge in [-0.15, -0.1) is 0 Å². The molecule has 0 fully saturated rings. The van der Waals surface area contributed by atoms with Crippen LogP contribution in [0.25, 0.3) is 0 Å². The van der Waals surface area contributed by atoms with Crippen molar-refractivity contribution in [3.05, 3.63) is 70.7 Å². The molecule has 0 bridgehead atoms. The lowest BCUT2D eigenvalue weighted by Crippen LogP contribution is -2.34. The van der Waals surface area contributed by atoms with E-state index in [1.54, 1.807) is 41.9 Å². The Hall–Kier alpha value is -2.77. The molecule has 7 heteroatoms. The van der Waals surface area contributed by atoms with Crippen LogP contribution < -0.4 is 10.6 Å². The normalized spacial score (nSPS) is 12.0. The number of nitrogens with zero attached hydrogens (tertiary/aromatic N) is 3. The highest BCUT2D eigenvalue weighted by Crippen LogP contribution is 2.20. The van der Waals surface area contributed by atoms with E-state index in [4.69, 9.17) is 0 Å². The molecule has 2 aromatic heterocycles. The van der Waals surface area contributed by atoms with Crippen molar-refractivity contribution in [3.63, 3.8) is 0 Å². The SMILES string of the molecule is CN(C)[C@@H](CNC(=O)c1cccc(Nc2ncccn2)c1)c1ccsc1. The van der Waals surface area contributed by atoms with E-state index in [1.165, 1.54) is 5.56 Å². The number of carbonyl (C=O) groups excluding carboxylic acids is 1. The van der Waals surface area contributed by atoms with Gasteiger partial charge in [-0.25, -0.2) is 9.97 Å². The second-order valence-electron chi connectivity index (χ2n) is 6.02. The van der Waals surface area contributed by atoms with Crippen molar-refractivity contribution < 1.29 is 4.79 Å². The molecule has 3 aromatic rings. The number of nitrogens with one attached hydrogen (secondary N) is 2. The molecule has 26 heavy (non-hydrogen) atoms. The zero-order chi connectivity index (χ0) is 18.4. The maximum absolute atomic E-state index is 12.6. The molecular formula is C19H21N5OS. The van der Waals surface area contributed by atoms with Gasteiger partial charge in [0, 0.05) is 30.2 Å². The maximum atomic E-state index is 12.6. The van der Waals surface area contributed by atoms with E-state index in [0.717, 1.165) is 5.69 Å². The summed E-state index contributed by atoms with van der Waals surface area (Å²) < 4.78 is 0. The molecule has 2 heterocycles. The van der Waals surface area contributed by atoms with Gasteiger partial charge in [0.05, 0.1) is 6.04 Å². The van der Waals surface area contributed by atoms with E-state index in [-0.39, 0.29) is 11.9 Å². The minimum atomic E-state index is -0.107. The largest absolute Gasteiger partial charge is 0.350 e. The maximum Gasteiger partial charge on any atom is 0.251 e. The van der Waals surface area contributed by atoms with Gasteiger partial charge in [-0.2, -0.15) is 11.3 Å². The summed E-state index contributed by atoms with van der Waals surface area (Å²) in [7, 11) is 4.03. The number of carbonyl (C=O) groups is 1. The van der Waals surface area contributed by atoms with Crippen LogP contribution in [0.3, 0.4) is 0 Å². The quantitative estimate of drug-likeness (QED) is 0.670. The summed E-state index contributed by atoms with van der Waals surface area (Å²) in [5.74, 6) is 0.389. The Bertz CT molecular complexity index is 836. The van der Waals surface area contributed by atoms with Crippen molar-refractivity contribution in [2.75, 3.05) is 26.0 Å². The van der Waals surface area contributed by atoms with Crippen molar-refractivity contribution in [2.45, 2.75) is 6.04 Å². The van der Waals surface area contributed by atoms with Gasteiger partial charge in [-0.3, -0.25) is 4.79 Å². The highest BCUT2D eigenvalue weighted by Gasteiger charge is 2.16. The van der Waals surface area contributed by atoms with Crippen molar-refractivity contribution >= 4 is 28.9 Å². The van der Waals surface area contributed by atoms with Crippen LogP contribution in [0.2, 0.25) is 0 Å². The summed E-state index contributed by atoms with van der Waals surface area (Å²) in [5, 5.41) is 10.3. The Labute approximate surface area is 156 Å². The standard InChI is InChI=1S/C19H21N5OS/c1-24(2)17(15-7-10-26-13-15)12-22-18(25)14-5-3-6-16(11-14)23-19-20-8-4-9-21-19/h3-11,13,17H,12H2,1-2H3,(H,22,25)(H,20,21,23)/t17-/m0/s1. The first-order chi connectivity index (χ1) is 12.6. The number of hydrogen-bond acceptors (Lipinski definition) is 6. The number of anilines is 2. The first-order valence-corrected chi connectivity index (χ1v) is 9.18. The summed E-state index contributed by atoms with van der Waals surface area (Å²) in [6.07, 6.45) is 3.33. The number of hydrogen-bond donors (Lipinski definition) is 2. The third kappa shape index (κ3) is 4.65. The number of rotatable bonds is 7. The minimum absolute atomic E-state index is 0.107. The first kappa shape index (κ1) is 18.0. The fourth-order valence-corrected chi connectivity index (χ4v) is 3.29. The molecule has 0 saturated heterocycles. The molecule has 1 aromatic carbocycles. The van der Waals surface area contributed by atoms with Crippen LogP contribution in [-0.4, -0.2) is 41.4 Å². The van der Waals surface area contributed by atoms with Gasteiger partial charge >= 0.3 is 0 Å². The van der Waals surface area contributed by atoms with Gasteiger partial charge in [-0.05, 0) is 60.8 Å². The number of benzene rings is 1. The van der Waals surface area contributed by atoms with Gasteiger partial charge in [0.1, 0.15) is 0 Å². The molecule has 3 rings (SSSR count). The Kier molecular flexibility index (Phi) is 5.93. The van der Waals surface area contributed by atoms with Crippen molar-refractivity contribution in [1.29, 1.82) is 0 Å². The van der Waals surface area contributed by atoms with Gasteiger partial charge in [0.25, 0.3) is 5.91 Å². The highest BCUT2D eigenvalue weighted by molar-refractivity contribution is 7.07. The second-order valence-corrected chi connectivity index (χ2v) is 6.80. The van der Waals surface area contributed by atoms with Crippen molar-refractivity contribution in [2.24, 2.45) is 0 Å². The topological polar surface area (TPSA) is 70.2 Å². The molecule has 1 atom stereocenters. The molecule has 6 nitrogen and oxygen atoms in total. The van der Waals surface area contributed by atoms with E-state index in [1.807, 2.05) is 26.2 Å². The monoisotopic (exact) mass is 367 g/mol. The summed E-state index contributed by atoms with van der Waals surface area (Å²) in [6.45, 7) is 0.544. The van der Waals surface area contributed by atoms with Crippen molar-refractivity contribution in [3.8, 4) is 0 Å². The Balaban J connectivity index is 1.65. The smallest absolute Gasteiger partial charge is 0.251 e. The third-order valence-corrected chi connectivity index (χ3v) is 4.66. The molecule has 0 spiro atoms. The van der Waals surface area contributed by atoms with Crippen LogP contribution in [0.5, 0.6) is 0 Å². The Morgan fingerprint density at radius 3 is 2.69 bits per heavy atom. The molecule has 0 aliphatic heterocycles. The lowest BCUT2D eigenvalue weighted by molar-refractivity contribution is 0.0942. The summed E-state index contributed by atoms with van der Waals surface area (Å²) in [6, 6.07) is 11.3. The average Bonchev–Trinajstić information content (AvgIpc) is 3.17. The minimum Gasteiger partial charge on any atom is -0.350 e.